The largest absolute Gasteiger partial charge is 0.384 e. The van der Waals surface area contributed by atoms with E-state index in [9.17, 15) is 9.18 Å². The number of hydrogen-bond acceptors (Lipinski definition) is 4. The first-order valence-corrected chi connectivity index (χ1v) is 9.91. The lowest BCUT2D eigenvalue weighted by Gasteiger charge is -2.35. The lowest BCUT2D eigenvalue weighted by atomic mass is 10.1. The number of pyridine rings is 1. The van der Waals surface area contributed by atoms with Gasteiger partial charge in [0.2, 0.25) is 0 Å². The summed E-state index contributed by atoms with van der Waals surface area (Å²) in [5.74, 6) is 0.117. The molecule has 1 aliphatic rings. The number of nitrogen functional groups attached to an aromatic ring is 1. The van der Waals surface area contributed by atoms with E-state index in [2.05, 4.69) is 31.9 Å². The molecule has 2 aromatic carbocycles. The van der Waals surface area contributed by atoms with Gasteiger partial charge in [-0.1, -0.05) is 22.0 Å². The average Bonchev–Trinajstić information content (AvgIpc) is 2.68. The van der Waals surface area contributed by atoms with E-state index in [0.717, 1.165) is 40.6 Å². The maximum Gasteiger partial charge on any atom is 0.253 e. The number of anilines is 1. The number of fused-ring (bicyclic) bond motifs is 1. The molecule has 0 bridgehead atoms. The molecule has 1 amide bonds. The SMILES string of the molecule is Nc1cc(CN2CCN(C(=O)c3ccc(F)cc3)CC2)c2ccc(Br)cc2n1. The standard InChI is InChI=1S/C21H20BrFN4O/c22-16-3-6-18-15(11-20(24)25-19(18)12-16)13-26-7-9-27(10-8-26)21(28)14-1-4-17(23)5-2-14/h1-6,11-12H,7-10,13H2,(H2,24,25). The van der Waals surface area contributed by atoms with Crippen molar-refractivity contribution in [2.75, 3.05) is 31.9 Å². The second-order valence-electron chi connectivity index (χ2n) is 6.94. The number of benzene rings is 2. The van der Waals surface area contributed by atoms with Gasteiger partial charge < -0.3 is 10.6 Å². The summed E-state index contributed by atoms with van der Waals surface area (Å²) in [7, 11) is 0. The number of nitrogens with two attached hydrogens (primary N) is 1. The topological polar surface area (TPSA) is 62.5 Å². The molecule has 1 saturated heterocycles. The van der Waals surface area contributed by atoms with E-state index < -0.39 is 0 Å². The van der Waals surface area contributed by atoms with Gasteiger partial charge in [-0.05, 0) is 48.0 Å². The van der Waals surface area contributed by atoms with Gasteiger partial charge in [0.1, 0.15) is 11.6 Å². The normalized spacial score (nSPS) is 15.1. The van der Waals surface area contributed by atoms with Gasteiger partial charge in [0.25, 0.3) is 5.91 Å². The van der Waals surface area contributed by atoms with Crippen LogP contribution < -0.4 is 5.73 Å². The number of amides is 1. The van der Waals surface area contributed by atoms with E-state index in [0.29, 0.717) is 24.5 Å². The minimum Gasteiger partial charge on any atom is -0.384 e. The zero-order chi connectivity index (χ0) is 19.7. The van der Waals surface area contributed by atoms with Gasteiger partial charge in [0, 0.05) is 48.1 Å². The third kappa shape index (κ3) is 4.00. The fraction of sp³-hybridized carbons (Fsp3) is 0.238. The fourth-order valence-electron chi connectivity index (χ4n) is 3.55. The molecule has 2 N–H and O–H groups in total. The van der Waals surface area contributed by atoms with Crippen LogP contribution in [0.1, 0.15) is 15.9 Å². The molecule has 3 aromatic rings. The van der Waals surface area contributed by atoms with E-state index in [1.807, 2.05) is 23.1 Å². The van der Waals surface area contributed by atoms with Gasteiger partial charge in [0.15, 0.2) is 0 Å². The predicted octanol–water partition coefficient (Wildman–Crippen LogP) is 3.68. The van der Waals surface area contributed by atoms with Gasteiger partial charge >= 0.3 is 0 Å². The van der Waals surface area contributed by atoms with Crippen LogP contribution in [0.25, 0.3) is 10.9 Å². The number of rotatable bonds is 3. The summed E-state index contributed by atoms with van der Waals surface area (Å²) in [6.07, 6.45) is 0. The highest BCUT2D eigenvalue weighted by Gasteiger charge is 2.22. The van der Waals surface area contributed by atoms with Crippen molar-refractivity contribution < 1.29 is 9.18 Å². The Kier molecular flexibility index (Phi) is 5.28. The maximum absolute atomic E-state index is 13.1. The number of aromatic nitrogens is 1. The first-order valence-electron chi connectivity index (χ1n) is 9.11. The highest BCUT2D eigenvalue weighted by molar-refractivity contribution is 9.10. The molecule has 2 heterocycles. The molecule has 0 radical (unpaired) electrons. The number of halogens is 2. The molecule has 0 aliphatic carbocycles. The number of nitrogens with zero attached hydrogens (tertiary/aromatic N) is 3. The van der Waals surface area contributed by atoms with Crippen LogP contribution in [0.4, 0.5) is 10.2 Å². The van der Waals surface area contributed by atoms with Crippen molar-refractivity contribution in [3.8, 4) is 0 Å². The Bertz CT molecular complexity index is 1010. The molecule has 0 unspecified atom stereocenters. The minimum absolute atomic E-state index is 0.0527. The summed E-state index contributed by atoms with van der Waals surface area (Å²) in [4.78, 5) is 21.1. The Labute approximate surface area is 171 Å². The fourth-order valence-corrected chi connectivity index (χ4v) is 3.90. The van der Waals surface area contributed by atoms with E-state index in [-0.39, 0.29) is 11.7 Å². The third-order valence-electron chi connectivity index (χ3n) is 5.02. The van der Waals surface area contributed by atoms with Crippen LogP contribution in [-0.2, 0) is 6.54 Å². The third-order valence-corrected chi connectivity index (χ3v) is 5.52. The van der Waals surface area contributed by atoms with Crippen molar-refractivity contribution in [3.05, 3.63) is 69.9 Å². The molecule has 4 rings (SSSR count). The summed E-state index contributed by atoms with van der Waals surface area (Å²) in [5, 5.41) is 1.09. The highest BCUT2D eigenvalue weighted by atomic mass is 79.9. The van der Waals surface area contributed by atoms with Gasteiger partial charge in [-0.3, -0.25) is 9.69 Å². The van der Waals surface area contributed by atoms with Crippen molar-refractivity contribution in [3.63, 3.8) is 0 Å². The van der Waals surface area contributed by atoms with Crippen molar-refractivity contribution in [1.82, 2.24) is 14.8 Å². The molecule has 0 saturated carbocycles. The first kappa shape index (κ1) is 18.8. The summed E-state index contributed by atoms with van der Waals surface area (Å²) < 4.78 is 14.0. The molecule has 28 heavy (non-hydrogen) atoms. The molecular formula is C21H20BrFN4O. The number of carbonyl (C=O) groups excluding carboxylic acids is 1. The summed E-state index contributed by atoms with van der Waals surface area (Å²) in [6.45, 7) is 3.57. The second-order valence-corrected chi connectivity index (χ2v) is 7.86. The molecule has 144 valence electrons. The van der Waals surface area contributed by atoms with Crippen LogP contribution in [0, 0.1) is 5.82 Å². The summed E-state index contributed by atoms with van der Waals surface area (Å²) in [6, 6.07) is 13.7. The molecule has 1 aromatic heterocycles. The van der Waals surface area contributed by atoms with Gasteiger partial charge in [-0.15, -0.1) is 0 Å². The molecule has 1 fully saturated rings. The average molecular weight is 443 g/mol. The van der Waals surface area contributed by atoms with Gasteiger partial charge in [-0.2, -0.15) is 0 Å². The number of hydrogen-bond donors (Lipinski definition) is 1. The van der Waals surface area contributed by atoms with Crippen molar-refractivity contribution >= 4 is 38.6 Å². The predicted molar refractivity (Wildman–Crippen MR) is 111 cm³/mol. The maximum atomic E-state index is 13.1. The molecule has 0 atom stereocenters. The van der Waals surface area contributed by atoms with Crippen LogP contribution in [0.3, 0.4) is 0 Å². The number of carbonyl (C=O) groups is 1. The monoisotopic (exact) mass is 442 g/mol. The van der Waals surface area contributed by atoms with E-state index in [1.165, 1.54) is 24.3 Å². The van der Waals surface area contributed by atoms with E-state index in [1.54, 1.807) is 0 Å². The Morgan fingerprint density at radius 1 is 1.07 bits per heavy atom. The zero-order valence-corrected chi connectivity index (χ0v) is 16.8. The Balaban J connectivity index is 1.44. The van der Waals surface area contributed by atoms with Crippen molar-refractivity contribution in [1.29, 1.82) is 0 Å². The summed E-state index contributed by atoms with van der Waals surface area (Å²) in [5.41, 5.74) is 8.52. The lowest BCUT2D eigenvalue weighted by molar-refractivity contribution is 0.0629. The van der Waals surface area contributed by atoms with E-state index in [4.69, 9.17) is 5.73 Å². The van der Waals surface area contributed by atoms with E-state index >= 15 is 0 Å². The molecular weight excluding hydrogens is 423 g/mol. The van der Waals surface area contributed by atoms with Crippen molar-refractivity contribution in [2.45, 2.75) is 6.54 Å². The lowest BCUT2D eigenvalue weighted by Crippen LogP contribution is -2.48. The Morgan fingerprint density at radius 3 is 2.50 bits per heavy atom. The van der Waals surface area contributed by atoms with Crippen LogP contribution in [-0.4, -0.2) is 46.9 Å². The van der Waals surface area contributed by atoms with Crippen LogP contribution in [0.5, 0.6) is 0 Å². The van der Waals surface area contributed by atoms with Crippen LogP contribution in [0.15, 0.2) is 53.0 Å². The molecule has 5 nitrogen and oxygen atoms in total. The zero-order valence-electron chi connectivity index (χ0n) is 15.2. The van der Waals surface area contributed by atoms with Gasteiger partial charge in [0.05, 0.1) is 5.52 Å². The second kappa shape index (κ2) is 7.85. The molecule has 7 heteroatoms. The van der Waals surface area contributed by atoms with Gasteiger partial charge in [-0.25, -0.2) is 9.37 Å². The van der Waals surface area contributed by atoms with Crippen LogP contribution >= 0.6 is 15.9 Å². The Hall–Kier alpha value is -2.51. The quantitative estimate of drug-likeness (QED) is 0.671. The Morgan fingerprint density at radius 2 is 1.79 bits per heavy atom. The van der Waals surface area contributed by atoms with Crippen molar-refractivity contribution in [2.24, 2.45) is 0 Å². The smallest absolute Gasteiger partial charge is 0.253 e. The number of piperazine rings is 1. The molecule has 1 aliphatic heterocycles. The van der Waals surface area contributed by atoms with Crippen LogP contribution in [0.2, 0.25) is 0 Å². The highest BCUT2D eigenvalue weighted by Crippen LogP contribution is 2.25. The minimum atomic E-state index is -0.336. The molecule has 0 spiro atoms. The summed E-state index contributed by atoms with van der Waals surface area (Å²) >= 11 is 3.47. The first-order chi connectivity index (χ1) is 13.5.